The normalized spacial score (nSPS) is 10.1. The Labute approximate surface area is 173 Å². The Morgan fingerprint density at radius 1 is 0.833 bits per heavy atom. The number of nitrogens with zero attached hydrogens (tertiary/aromatic N) is 2. The van der Waals surface area contributed by atoms with Crippen LogP contribution in [-0.2, 0) is 9.53 Å². The van der Waals surface area contributed by atoms with Crippen LogP contribution in [0.1, 0.15) is 27.1 Å². The van der Waals surface area contributed by atoms with Crippen LogP contribution in [0.5, 0.6) is 0 Å². The fourth-order valence-corrected chi connectivity index (χ4v) is 2.50. The van der Waals surface area contributed by atoms with E-state index in [1.807, 2.05) is 6.07 Å². The standard InChI is InChI=1S/C22H20N4O4/c27-19(15-30-20(28)11-14-25-22-23-12-4-13-24-22)16-7-9-18(10-8-16)26-21(29)17-5-2-1-3-6-17/h1-10,12-13H,11,14-15H2,(H,26,29)(H,23,24,25). The summed E-state index contributed by atoms with van der Waals surface area (Å²) in [4.78, 5) is 44.1. The summed E-state index contributed by atoms with van der Waals surface area (Å²) in [6, 6.07) is 16.9. The maximum absolute atomic E-state index is 12.2. The van der Waals surface area contributed by atoms with Crippen molar-refractivity contribution in [3.63, 3.8) is 0 Å². The third-order valence-corrected chi connectivity index (χ3v) is 4.04. The maximum atomic E-state index is 12.2. The molecule has 1 amide bonds. The number of benzene rings is 2. The summed E-state index contributed by atoms with van der Waals surface area (Å²) in [6.45, 7) is -0.0523. The molecule has 2 aromatic carbocycles. The highest BCUT2D eigenvalue weighted by Crippen LogP contribution is 2.12. The number of Topliss-reactive ketones (excluding diaryl/α,β-unsaturated/α-hetero) is 1. The maximum Gasteiger partial charge on any atom is 0.308 e. The summed E-state index contributed by atoms with van der Waals surface area (Å²) in [5, 5.41) is 5.64. The lowest BCUT2D eigenvalue weighted by atomic mass is 10.1. The van der Waals surface area contributed by atoms with Crippen LogP contribution >= 0.6 is 0 Å². The van der Waals surface area contributed by atoms with Gasteiger partial charge in [0.15, 0.2) is 12.4 Å². The first kappa shape index (κ1) is 20.7. The van der Waals surface area contributed by atoms with Gasteiger partial charge in [0.25, 0.3) is 5.91 Å². The Hall–Kier alpha value is -4.07. The van der Waals surface area contributed by atoms with Crippen molar-refractivity contribution in [2.45, 2.75) is 6.42 Å². The average Bonchev–Trinajstić information content (AvgIpc) is 2.79. The zero-order valence-electron chi connectivity index (χ0n) is 16.1. The number of carbonyl (C=O) groups excluding carboxylic acids is 3. The van der Waals surface area contributed by atoms with Gasteiger partial charge >= 0.3 is 5.97 Å². The summed E-state index contributed by atoms with van der Waals surface area (Å²) >= 11 is 0. The van der Waals surface area contributed by atoms with Gasteiger partial charge in [0.1, 0.15) is 0 Å². The van der Waals surface area contributed by atoms with Crippen LogP contribution in [0.3, 0.4) is 0 Å². The Kier molecular flexibility index (Phi) is 7.21. The Morgan fingerprint density at radius 3 is 2.23 bits per heavy atom. The quantitative estimate of drug-likeness (QED) is 0.417. The van der Waals surface area contributed by atoms with Gasteiger partial charge in [-0.3, -0.25) is 14.4 Å². The molecule has 0 bridgehead atoms. The second-order valence-electron chi connectivity index (χ2n) is 6.23. The monoisotopic (exact) mass is 404 g/mol. The van der Waals surface area contributed by atoms with E-state index in [0.717, 1.165) is 0 Å². The lowest BCUT2D eigenvalue weighted by Crippen LogP contribution is -2.17. The number of hydrogen-bond acceptors (Lipinski definition) is 7. The Balaban J connectivity index is 1.42. The minimum Gasteiger partial charge on any atom is -0.457 e. The predicted molar refractivity (Wildman–Crippen MR) is 111 cm³/mol. The number of aromatic nitrogens is 2. The van der Waals surface area contributed by atoms with E-state index in [-0.39, 0.29) is 24.7 Å². The van der Waals surface area contributed by atoms with Crippen LogP contribution < -0.4 is 10.6 Å². The number of anilines is 2. The highest BCUT2D eigenvalue weighted by molar-refractivity contribution is 6.04. The molecule has 3 rings (SSSR count). The number of hydrogen-bond donors (Lipinski definition) is 2. The Morgan fingerprint density at radius 2 is 1.53 bits per heavy atom. The van der Waals surface area contributed by atoms with E-state index >= 15 is 0 Å². The molecule has 30 heavy (non-hydrogen) atoms. The fourth-order valence-electron chi connectivity index (χ4n) is 2.50. The van der Waals surface area contributed by atoms with Crippen molar-refractivity contribution in [2.75, 3.05) is 23.8 Å². The van der Waals surface area contributed by atoms with Crippen molar-refractivity contribution in [3.05, 3.63) is 84.2 Å². The zero-order chi connectivity index (χ0) is 21.2. The lowest BCUT2D eigenvalue weighted by molar-refractivity contribution is -0.142. The first-order chi connectivity index (χ1) is 14.6. The van der Waals surface area contributed by atoms with Gasteiger partial charge in [-0.15, -0.1) is 0 Å². The van der Waals surface area contributed by atoms with Gasteiger partial charge in [-0.1, -0.05) is 18.2 Å². The molecule has 8 heteroatoms. The molecule has 0 radical (unpaired) electrons. The third kappa shape index (κ3) is 6.23. The molecule has 0 aliphatic carbocycles. The lowest BCUT2D eigenvalue weighted by Gasteiger charge is -2.07. The highest BCUT2D eigenvalue weighted by Gasteiger charge is 2.11. The molecular formula is C22H20N4O4. The first-order valence-electron chi connectivity index (χ1n) is 9.28. The SMILES string of the molecule is O=C(CCNc1ncccn1)OCC(=O)c1ccc(NC(=O)c2ccccc2)cc1. The van der Waals surface area contributed by atoms with Gasteiger partial charge in [-0.2, -0.15) is 0 Å². The summed E-state index contributed by atoms with van der Waals surface area (Å²) in [5.74, 6) is -0.652. The van der Waals surface area contributed by atoms with Crippen LogP contribution in [0, 0.1) is 0 Å². The number of nitrogens with one attached hydrogen (secondary N) is 2. The van der Waals surface area contributed by atoms with E-state index in [1.54, 1.807) is 67.0 Å². The second-order valence-corrected chi connectivity index (χ2v) is 6.23. The molecular weight excluding hydrogens is 384 g/mol. The predicted octanol–water partition coefficient (Wildman–Crippen LogP) is 2.96. The number of ketones is 1. The van der Waals surface area contributed by atoms with Gasteiger partial charge in [-0.25, -0.2) is 9.97 Å². The molecule has 152 valence electrons. The molecule has 0 saturated heterocycles. The number of esters is 1. The van der Waals surface area contributed by atoms with Crippen molar-refractivity contribution in [1.29, 1.82) is 0 Å². The molecule has 3 aromatic rings. The van der Waals surface area contributed by atoms with Gasteiger partial charge in [0, 0.05) is 35.8 Å². The molecule has 0 aliphatic rings. The van der Waals surface area contributed by atoms with Crippen molar-refractivity contribution < 1.29 is 19.1 Å². The summed E-state index contributed by atoms with van der Waals surface area (Å²) in [7, 11) is 0. The van der Waals surface area contributed by atoms with Crippen LogP contribution in [0.4, 0.5) is 11.6 Å². The molecule has 2 N–H and O–H groups in total. The molecule has 1 heterocycles. The van der Waals surface area contributed by atoms with Crippen molar-refractivity contribution in [3.8, 4) is 0 Å². The smallest absolute Gasteiger partial charge is 0.308 e. The van der Waals surface area contributed by atoms with Crippen LogP contribution in [0.2, 0.25) is 0 Å². The zero-order valence-corrected chi connectivity index (χ0v) is 16.1. The van der Waals surface area contributed by atoms with E-state index in [4.69, 9.17) is 4.74 Å². The largest absolute Gasteiger partial charge is 0.457 e. The molecule has 0 atom stereocenters. The topological polar surface area (TPSA) is 110 Å². The molecule has 1 aromatic heterocycles. The van der Waals surface area contributed by atoms with Gasteiger partial charge in [0.2, 0.25) is 5.95 Å². The molecule has 8 nitrogen and oxygen atoms in total. The first-order valence-corrected chi connectivity index (χ1v) is 9.28. The van der Waals surface area contributed by atoms with E-state index < -0.39 is 5.97 Å². The molecule has 0 saturated carbocycles. The van der Waals surface area contributed by atoms with Gasteiger partial charge < -0.3 is 15.4 Å². The van der Waals surface area contributed by atoms with Crippen molar-refractivity contribution in [2.24, 2.45) is 0 Å². The minimum atomic E-state index is -0.501. The van der Waals surface area contributed by atoms with Crippen molar-refractivity contribution >= 4 is 29.3 Å². The number of rotatable bonds is 9. The second kappa shape index (κ2) is 10.5. The van der Waals surface area contributed by atoms with Crippen LogP contribution in [-0.4, -0.2) is 40.8 Å². The number of amides is 1. The van der Waals surface area contributed by atoms with Crippen LogP contribution in [0.15, 0.2) is 73.1 Å². The van der Waals surface area contributed by atoms with Gasteiger partial charge in [-0.05, 0) is 42.5 Å². The molecule has 0 spiro atoms. The minimum absolute atomic E-state index is 0.0794. The average molecular weight is 404 g/mol. The van der Waals surface area contributed by atoms with E-state index in [0.29, 0.717) is 29.3 Å². The number of ether oxygens (including phenoxy) is 1. The van der Waals surface area contributed by atoms with E-state index in [1.165, 1.54) is 0 Å². The van der Waals surface area contributed by atoms with E-state index in [2.05, 4.69) is 20.6 Å². The summed E-state index contributed by atoms with van der Waals surface area (Å²) < 4.78 is 5.01. The summed E-state index contributed by atoms with van der Waals surface area (Å²) in [6.07, 6.45) is 3.26. The molecule has 0 aliphatic heterocycles. The molecule has 0 fully saturated rings. The fraction of sp³-hybridized carbons (Fsp3) is 0.136. The van der Waals surface area contributed by atoms with Crippen molar-refractivity contribution in [1.82, 2.24) is 9.97 Å². The highest BCUT2D eigenvalue weighted by atomic mass is 16.5. The van der Waals surface area contributed by atoms with E-state index in [9.17, 15) is 14.4 Å². The van der Waals surface area contributed by atoms with Gasteiger partial charge in [0.05, 0.1) is 6.42 Å². The molecule has 0 unspecified atom stereocenters. The van der Waals surface area contributed by atoms with Crippen LogP contribution in [0.25, 0.3) is 0 Å². The summed E-state index contributed by atoms with van der Waals surface area (Å²) in [5.41, 5.74) is 1.49. The third-order valence-electron chi connectivity index (χ3n) is 4.04. The Bertz CT molecular complexity index is 993. The number of carbonyl (C=O) groups is 3.